The molecule has 2 atom stereocenters. The van der Waals surface area contributed by atoms with Crippen LogP contribution in [0.4, 0.5) is 0 Å². The highest BCUT2D eigenvalue weighted by atomic mass is 16.3. The van der Waals surface area contributed by atoms with E-state index in [9.17, 15) is 15.0 Å². The number of allylic oxidation sites excluding steroid dienone is 9. The first kappa shape index (κ1) is 64.1. The fraction of sp³-hybridized carbons (Fsp3) is 0.823. The van der Waals surface area contributed by atoms with Crippen LogP contribution in [0.2, 0.25) is 0 Å². The monoisotopic (exact) mass is 922 g/mol. The van der Waals surface area contributed by atoms with Crippen LogP contribution in [0.25, 0.3) is 0 Å². The van der Waals surface area contributed by atoms with Crippen molar-refractivity contribution in [1.29, 1.82) is 0 Å². The number of aliphatic hydroxyl groups is 2. The fourth-order valence-corrected chi connectivity index (χ4v) is 8.95. The van der Waals surface area contributed by atoms with Gasteiger partial charge in [-0.05, 0) is 77.0 Å². The maximum atomic E-state index is 12.5. The lowest BCUT2D eigenvalue weighted by molar-refractivity contribution is -0.123. The Kier molecular flexibility index (Phi) is 55.7. The Hall–Kier alpha value is -1.91. The molecule has 386 valence electrons. The van der Waals surface area contributed by atoms with Crippen molar-refractivity contribution in [2.45, 2.75) is 321 Å². The summed E-state index contributed by atoms with van der Waals surface area (Å²) in [5, 5.41) is 23.2. The molecular formula is C62H115NO3. The third kappa shape index (κ3) is 53.1. The Morgan fingerprint density at radius 2 is 0.636 bits per heavy atom. The Bertz CT molecular complexity index is 1090. The lowest BCUT2D eigenvalue weighted by Gasteiger charge is -2.19. The largest absolute Gasteiger partial charge is 0.394 e. The highest BCUT2D eigenvalue weighted by molar-refractivity contribution is 5.76. The van der Waals surface area contributed by atoms with Crippen molar-refractivity contribution in [2.75, 3.05) is 6.61 Å². The average Bonchev–Trinajstić information content (AvgIpc) is 3.32. The molecule has 0 spiro atoms. The van der Waals surface area contributed by atoms with Gasteiger partial charge in [0.25, 0.3) is 0 Å². The van der Waals surface area contributed by atoms with E-state index < -0.39 is 12.1 Å². The van der Waals surface area contributed by atoms with E-state index in [0.717, 1.165) is 44.9 Å². The number of carbonyl (C=O) groups excluding carboxylic acids is 1. The fourth-order valence-electron chi connectivity index (χ4n) is 8.95. The molecule has 0 aromatic carbocycles. The van der Waals surface area contributed by atoms with Gasteiger partial charge in [-0.15, -0.1) is 0 Å². The van der Waals surface area contributed by atoms with Crippen LogP contribution in [0.1, 0.15) is 309 Å². The Morgan fingerprint density at radius 3 is 0.970 bits per heavy atom. The van der Waals surface area contributed by atoms with Crippen molar-refractivity contribution in [3.63, 3.8) is 0 Å². The number of hydrogen-bond acceptors (Lipinski definition) is 3. The molecule has 3 N–H and O–H groups in total. The summed E-state index contributed by atoms with van der Waals surface area (Å²) in [6.07, 6.45) is 81.1. The van der Waals surface area contributed by atoms with E-state index in [-0.39, 0.29) is 12.5 Å². The summed E-state index contributed by atoms with van der Waals surface area (Å²) in [6, 6.07) is -0.648. The number of unbranched alkanes of at least 4 members (excludes halogenated alkanes) is 39. The minimum atomic E-state index is -0.872. The van der Waals surface area contributed by atoms with Gasteiger partial charge in [-0.2, -0.15) is 0 Å². The first-order valence-corrected chi connectivity index (χ1v) is 29.5. The van der Waals surface area contributed by atoms with E-state index in [1.807, 2.05) is 6.08 Å². The zero-order valence-electron chi connectivity index (χ0n) is 44.5. The third-order valence-corrected chi connectivity index (χ3v) is 13.5. The Morgan fingerprint density at radius 1 is 0.364 bits per heavy atom. The van der Waals surface area contributed by atoms with E-state index in [1.54, 1.807) is 6.08 Å². The van der Waals surface area contributed by atoms with E-state index in [0.29, 0.717) is 6.42 Å². The molecule has 0 rings (SSSR count). The van der Waals surface area contributed by atoms with E-state index in [4.69, 9.17) is 0 Å². The van der Waals surface area contributed by atoms with Crippen molar-refractivity contribution < 1.29 is 15.0 Å². The van der Waals surface area contributed by atoms with E-state index in [1.165, 1.54) is 244 Å². The highest BCUT2D eigenvalue weighted by Gasteiger charge is 2.18. The van der Waals surface area contributed by atoms with Crippen molar-refractivity contribution in [2.24, 2.45) is 0 Å². The van der Waals surface area contributed by atoms with Gasteiger partial charge < -0.3 is 15.5 Å². The van der Waals surface area contributed by atoms with Crippen molar-refractivity contribution in [3.8, 4) is 0 Å². The van der Waals surface area contributed by atoms with E-state index in [2.05, 4.69) is 67.8 Å². The molecule has 66 heavy (non-hydrogen) atoms. The molecule has 0 bridgehead atoms. The minimum absolute atomic E-state index is 0.0748. The third-order valence-electron chi connectivity index (χ3n) is 13.5. The molecule has 1 amide bonds. The van der Waals surface area contributed by atoms with Crippen molar-refractivity contribution in [1.82, 2.24) is 5.32 Å². The number of amides is 1. The molecule has 0 saturated heterocycles. The molecule has 0 heterocycles. The maximum absolute atomic E-state index is 12.5. The average molecular weight is 923 g/mol. The van der Waals surface area contributed by atoms with Gasteiger partial charge in [0.1, 0.15) is 0 Å². The number of carbonyl (C=O) groups is 1. The van der Waals surface area contributed by atoms with E-state index >= 15 is 0 Å². The van der Waals surface area contributed by atoms with Crippen LogP contribution in [-0.4, -0.2) is 34.9 Å². The first-order chi connectivity index (χ1) is 32.7. The molecule has 2 unspecified atom stereocenters. The van der Waals surface area contributed by atoms with Gasteiger partial charge in [0.05, 0.1) is 18.8 Å². The zero-order chi connectivity index (χ0) is 47.7. The van der Waals surface area contributed by atoms with Crippen molar-refractivity contribution >= 4 is 5.91 Å². The van der Waals surface area contributed by atoms with Crippen LogP contribution in [0.15, 0.2) is 60.8 Å². The van der Waals surface area contributed by atoms with Crippen LogP contribution >= 0.6 is 0 Å². The molecule has 0 radical (unpaired) electrons. The van der Waals surface area contributed by atoms with Crippen molar-refractivity contribution in [3.05, 3.63) is 60.8 Å². The normalized spacial score (nSPS) is 13.2. The summed E-state index contributed by atoms with van der Waals surface area (Å²) >= 11 is 0. The van der Waals surface area contributed by atoms with Crippen LogP contribution in [0, 0.1) is 0 Å². The summed E-state index contributed by atoms with van der Waals surface area (Å²) in [5.74, 6) is -0.0748. The topological polar surface area (TPSA) is 69.6 Å². The molecule has 0 aliphatic heterocycles. The summed E-state index contributed by atoms with van der Waals surface area (Å²) < 4.78 is 0. The minimum Gasteiger partial charge on any atom is -0.394 e. The zero-order valence-corrected chi connectivity index (χ0v) is 44.5. The van der Waals surface area contributed by atoms with Gasteiger partial charge in [-0.3, -0.25) is 4.79 Å². The molecule has 0 fully saturated rings. The quantitative estimate of drug-likeness (QED) is 0.0420. The molecule has 4 heteroatoms. The Labute approximate surface area is 413 Å². The summed E-state index contributed by atoms with van der Waals surface area (Å²) in [6.45, 7) is 4.31. The molecule has 4 nitrogen and oxygen atoms in total. The smallest absolute Gasteiger partial charge is 0.220 e. The predicted octanol–water partition coefficient (Wildman–Crippen LogP) is 19.6. The van der Waals surface area contributed by atoms with Gasteiger partial charge in [0.15, 0.2) is 0 Å². The molecule has 0 aromatic rings. The lowest BCUT2D eigenvalue weighted by atomic mass is 10.0. The first-order valence-electron chi connectivity index (χ1n) is 29.5. The SMILES string of the molecule is CCCCCCC/C=C\C/C=C\CCCCCCCCCCCCCCCCCCCC(=O)NC(CO)C(O)/C=C/CC/C=C/CC/C=C/CCCCCCCCCCCCCCCCC. The van der Waals surface area contributed by atoms with Gasteiger partial charge in [-0.1, -0.05) is 286 Å². The number of hydrogen-bond donors (Lipinski definition) is 3. The molecule has 0 aliphatic rings. The molecule has 0 aliphatic carbocycles. The maximum Gasteiger partial charge on any atom is 0.220 e. The lowest BCUT2D eigenvalue weighted by Crippen LogP contribution is -2.45. The number of aliphatic hydroxyl groups excluding tert-OH is 2. The van der Waals surface area contributed by atoms with Gasteiger partial charge in [0, 0.05) is 6.42 Å². The summed E-state index contributed by atoms with van der Waals surface area (Å²) in [5.41, 5.74) is 0. The van der Waals surface area contributed by atoms with Crippen LogP contribution in [0.5, 0.6) is 0 Å². The summed E-state index contributed by atoms with van der Waals surface area (Å²) in [7, 11) is 0. The Balaban J connectivity index is 3.53. The van der Waals surface area contributed by atoms with Crippen LogP contribution < -0.4 is 5.32 Å². The molecular weight excluding hydrogens is 807 g/mol. The van der Waals surface area contributed by atoms with Gasteiger partial charge >= 0.3 is 0 Å². The second-order valence-corrected chi connectivity index (χ2v) is 20.0. The molecule has 0 saturated carbocycles. The highest BCUT2D eigenvalue weighted by Crippen LogP contribution is 2.17. The van der Waals surface area contributed by atoms with Crippen LogP contribution in [-0.2, 0) is 4.79 Å². The second kappa shape index (κ2) is 57.4. The molecule has 0 aromatic heterocycles. The standard InChI is InChI=1S/C62H115NO3/c1-3-5-7-9-11-13-15-17-19-21-23-25-27-29-30-31-32-34-36-38-40-42-44-46-48-50-52-54-56-58-62(66)63-60(59-64)61(65)57-55-53-51-49-47-45-43-41-39-37-35-33-28-26-24-22-20-18-16-14-12-10-8-6-4-2/h15,17,21,23,39,41,47,49,55,57,60-61,64-65H,3-14,16,18-20,22,24-38,40,42-46,48,50-54,56,58-59H2,1-2H3,(H,63,66)/b17-15-,23-21-,41-39+,49-47+,57-55+. The number of nitrogens with one attached hydrogen (secondary N) is 1. The van der Waals surface area contributed by atoms with Gasteiger partial charge in [0.2, 0.25) is 5.91 Å². The summed E-state index contributed by atoms with van der Waals surface area (Å²) in [4.78, 5) is 12.5. The van der Waals surface area contributed by atoms with Crippen LogP contribution in [0.3, 0.4) is 0 Å². The second-order valence-electron chi connectivity index (χ2n) is 20.0. The predicted molar refractivity (Wildman–Crippen MR) is 294 cm³/mol. The number of rotatable bonds is 54. The van der Waals surface area contributed by atoms with Gasteiger partial charge in [-0.25, -0.2) is 0 Å².